The van der Waals surface area contributed by atoms with Crippen LogP contribution in [0.2, 0.25) is 5.02 Å². The Balaban J connectivity index is 1.96. The summed E-state index contributed by atoms with van der Waals surface area (Å²) in [6.07, 6.45) is 0.891. The summed E-state index contributed by atoms with van der Waals surface area (Å²) in [7, 11) is -2.32. The van der Waals surface area contributed by atoms with Crippen molar-refractivity contribution in [1.29, 1.82) is 0 Å². The van der Waals surface area contributed by atoms with E-state index in [1.807, 2.05) is 0 Å². The molecule has 0 bridgehead atoms. The van der Waals surface area contributed by atoms with E-state index in [1.54, 1.807) is 26.0 Å². The van der Waals surface area contributed by atoms with E-state index in [2.05, 4.69) is 9.98 Å². The molecule has 1 aliphatic heterocycles. The van der Waals surface area contributed by atoms with Gasteiger partial charge in [-0.3, -0.25) is 14.7 Å². The maximum absolute atomic E-state index is 15.1. The molecular weight excluding hydrogens is 495 g/mol. The Hall–Kier alpha value is -3.50. The van der Waals surface area contributed by atoms with Crippen molar-refractivity contribution in [3.63, 3.8) is 0 Å². The van der Waals surface area contributed by atoms with E-state index in [0.717, 1.165) is 6.26 Å². The second-order valence-electron chi connectivity index (χ2n) is 8.34. The van der Waals surface area contributed by atoms with E-state index >= 15 is 4.39 Å². The number of amides is 1. The molecule has 0 saturated carbocycles. The highest BCUT2D eigenvalue weighted by atomic mass is 35.5. The maximum atomic E-state index is 15.1. The summed E-state index contributed by atoms with van der Waals surface area (Å²) in [5, 5.41) is 0.139. The molecule has 8 nitrogen and oxygen atoms in total. The van der Waals surface area contributed by atoms with E-state index in [4.69, 9.17) is 21.5 Å². The second kappa shape index (κ2) is 8.62. The summed E-state index contributed by atoms with van der Waals surface area (Å²) in [5.74, 6) is -1.09. The number of rotatable bonds is 5. The van der Waals surface area contributed by atoms with Gasteiger partial charge in [0.1, 0.15) is 11.6 Å². The first-order valence-corrected chi connectivity index (χ1v) is 12.6. The molecule has 1 unspecified atom stereocenters. The van der Waals surface area contributed by atoms with Gasteiger partial charge in [-0.05, 0) is 66.9 Å². The molecule has 0 saturated heterocycles. The minimum Gasteiger partial charge on any atom is -0.383 e. The van der Waals surface area contributed by atoms with Gasteiger partial charge in [0.15, 0.2) is 11.5 Å². The summed E-state index contributed by atoms with van der Waals surface area (Å²) in [6.45, 7) is 3.59. The van der Waals surface area contributed by atoms with Crippen LogP contribution in [0.5, 0.6) is 5.75 Å². The zero-order valence-corrected chi connectivity index (χ0v) is 20.9. The van der Waals surface area contributed by atoms with Crippen LogP contribution in [-0.2, 0) is 20.5 Å². The average Bonchev–Trinajstić information content (AvgIpc) is 2.96. The van der Waals surface area contributed by atoms with E-state index in [0.29, 0.717) is 22.5 Å². The number of aliphatic imine (C=N–C) groups is 1. The van der Waals surface area contributed by atoms with E-state index in [1.165, 1.54) is 48.3 Å². The smallest absolute Gasteiger partial charge is 0.306 e. The number of hydrogen-bond acceptors (Lipinski definition) is 7. The first kappa shape index (κ1) is 24.6. The van der Waals surface area contributed by atoms with Gasteiger partial charge in [0, 0.05) is 35.1 Å². The molecule has 2 aromatic carbocycles. The van der Waals surface area contributed by atoms with Gasteiger partial charge >= 0.3 is 10.1 Å². The predicted molar refractivity (Wildman–Crippen MR) is 131 cm³/mol. The topological polar surface area (TPSA) is 115 Å². The lowest BCUT2D eigenvalue weighted by atomic mass is 9.81. The van der Waals surface area contributed by atoms with Crippen LogP contribution < -0.4 is 9.92 Å². The number of aryl methyl sites for hydroxylation is 2. The fraction of sp³-hybridized carbons (Fsp3) is 0.208. The molecule has 2 N–H and O–H groups in total. The molecule has 0 aliphatic carbocycles. The number of carbonyl (C=O) groups excluding carboxylic acids is 1. The summed E-state index contributed by atoms with van der Waals surface area (Å²) in [5.41, 5.74) is 7.05. The number of pyridine rings is 1. The van der Waals surface area contributed by atoms with Crippen LogP contribution in [0.25, 0.3) is 11.1 Å². The molecular formula is C24H22ClFN4O4S. The van der Waals surface area contributed by atoms with Crippen LogP contribution in [0.15, 0.2) is 53.5 Å². The average molecular weight is 517 g/mol. The fourth-order valence-corrected chi connectivity index (χ4v) is 4.81. The number of benzene rings is 2. The van der Waals surface area contributed by atoms with Gasteiger partial charge in [-0.1, -0.05) is 17.7 Å². The minimum atomic E-state index is -3.84. The van der Waals surface area contributed by atoms with Crippen molar-refractivity contribution in [1.82, 2.24) is 9.88 Å². The molecule has 1 aliphatic rings. The summed E-state index contributed by atoms with van der Waals surface area (Å²) < 4.78 is 43.2. The molecule has 11 heteroatoms. The molecule has 2 heterocycles. The zero-order valence-electron chi connectivity index (χ0n) is 19.3. The summed E-state index contributed by atoms with van der Waals surface area (Å²) >= 11 is 6.16. The molecule has 3 aromatic rings. The Morgan fingerprint density at radius 3 is 2.29 bits per heavy atom. The van der Waals surface area contributed by atoms with Gasteiger partial charge in [-0.25, -0.2) is 9.38 Å². The highest BCUT2D eigenvalue weighted by Crippen LogP contribution is 2.42. The molecule has 0 fully saturated rings. The normalized spacial score (nSPS) is 18.1. The van der Waals surface area contributed by atoms with Crippen molar-refractivity contribution in [2.45, 2.75) is 19.4 Å². The molecule has 1 atom stereocenters. The Kier molecular flexibility index (Phi) is 6.06. The van der Waals surface area contributed by atoms with E-state index in [9.17, 15) is 13.2 Å². The van der Waals surface area contributed by atoms with E-state index < -0.39 is 27.4 Å². The highest BCUT2D eigenvalue weighted by Gasteiger charge is 2.50. The van der Waals surface area contributed by atoms with Crippen molar-refractivity contribution in [2.75, 3.05) is 13.3 Å². The maximum Gasteiger partial charge on any atom is 0.306 e. The zero-order chi connectivity index (χ0) is 25.7. The molecule has 0 radical (unpaired) electrons. The predicted octanol–water partition coefficient (Wildman–Crippen LogP) is 3.53. The van der Waals surface area contributed by atoms with Gasteiger partial charge in [-0.2, -0.15) is 8.42 Å². The van der Waals surface area contributed by atoms with Gasteiger partial charge in [0.2, 0.25) is 0 Å². The minimum absolute atomic E-state index is 0.0135. The Morgan fingerprint density at radius 2 is 1.71 bits per heavy atom. The number of nitrogens with zero attached hydrogens (tertiary/aromatic N) is 3. The third-order valence-electron chi connectivity index (χ3n) is 5.55. The van der Waals surface area contributed by atoms with Crippen molar-refractivity contribution in [3.8, 4) is 16.9 Å². The van der Waals surface area contributed by atoms with Gasteiger partial charge in [-0.15, -0.1) is 0 Å². The summed E-state index contributed by atoms with van der Waals surface area (Å²) in [6, 6.07) is 11.7. The number of halogens is 2. The van der Waals surface area contributed by atoms with Crippen molar-refractivity contribution >= 4 is 33.6 Å². The van der Waals surface area contributed by atoms with Gasteiger partial charge in [0.05, 0.1) is 6.26 Å². The summed E-state index contributed by atoms with van der Waals surface area (Å²) in [4.78, 5) is 23.7. The van der Waals surface area contributed by atoms with Gasteiger partial charge < -0.3 is 9.92 Å². The molecule has 35 heavy (non-hydrogen) atoms. The Bertz CT molecular complexity index is 1490. The highest BCUT2D eigenvalue weighted by molar-refractivity contribution is 7.86. The van der Waals surface area contributed by atoms with Crippen molar-refractivity contribution < 1.29 is 21.8 Å². The van der Waals surface area contributed by atoms with Crippen molar-refractivity contribution in [2.24, 2.45) is 10.7 Å². The van der Waals surface area contributed by atoms with Crippen LogP contribution in [-0.4, -0.2) is 43.5 Å². The molecule has 4 rings (SSSR count). The van der Waals surface area contributed by atoms with Gasteiger partial charge in [0.25, 0.3) is 5.91 Å². The van der Waals surface area contributed by atoms with Crippen LogP contribution in [0.1, 0.15) is 22.5 Å². The first-order valence-electron chi connectivity index (χ1n) is 10.4. The molecule has 0 spiro atoms. The number of nitrogens with two attached hydrogens (primary N) is 1. The number of aromatic nitrogens is 1. The third kappa shape index (κ3) is 4.59. The number of guanidine groups is 1. The number of likely N-dealkylation sites (N-methyl/N-ethyl adjacent to an activating group) is 1. The van der Waals surface area contributed by atoms with E-state index in [-0.39, 0.29) is 27.9 Å². The van der Waals surface area contributed by atoms with Crippen LogP contribution in [0.4, 0.5) is 4.39 Å². The third-order valence-corrected chi connectivity index (χ3v) is 6.27. The SMILES string of the molecule is Cc1cc(C2(c3ccc(F)c(-c4cc(Cl)cc(OS(C)(=O)=O)c4)c3)N=C(N)N(C)C2=O)cc(C)n1. The Morgan fingerprint density at radius 1 is 1.06 bits per heavy atom. The Labute approximate surface area is 207 Å². The monoisotopic (exact) mass is 516 g/mol. The number of hydrogen-bond donors (Lipinski definition) is 1. The van der Waals surface area contributed by atoms with Crippen LogP contribution >= 0.6 is 11.6 Å². The second-order valence-corrected chi connectivity index (χ2v) is 10.4. The van der Waals surface area contributed by atoms with Crippen molar-refractivity contribution in [3.05, 3.63) is 81.9 Å². The largest absolute Gasteiger partial charge is 0.383 e. The lowest BCUT2D eigenvalue weighted by molar-refractivity contribution is -0.129. The molecule has 1 amide bonds. The molecule has 1 aromatic heterocycles. The lowest BCUT2D eigenvalue weighted by Gasteiger charge is -2.27. The fourth-order valence-electron chi connectivity index (χ4n) is 4.14. The quantitative estimate of drug-likeness (QED) is 0.519. The number of carbonyl (C=O) groups is 1. The lowest BCUT2D eigenvalue weighted by Crippen LogP contribution is -2.41. The van der Waals surface area contributed by atoms with Crippen LogP contribution in [0.3, 0.4) is 0 Å². The first-order chi connectivity index (χ1) is 16.3. The molecule has 182 valence electrons. The van der Waals surface area contributed by atoms with Crippen LogP contribution in [0, 0.1) is 19.7 Å². The standard InChI is InChI=1S/C24H22ClFN4O4S/c1-13-7-17(8-14(2)28-13)24(22(31)30(3)23(27)29-24)16-5-6-21(26)20(11-16)15-9-18(25)12-19(10-15)34-35(4,32)33/h5-12H,1-4H3,(H2,27,29).